The van der Waals surface area contributed by atoms with Crippen molar-refractivity contribution in [2.75, 3.05) is 6.61 Å². The Balaban J connectivity index is 2.24. The zero-order chi connectivity index (χ0) is 16.4. The van der Waals surface area contributed by atoms with Gasteiger partial charge in [0.1, 0.15) is 5.75 Å². The predicted octanol–water partition coefficient (Wildman–Crippen LogP) is 1.93. The van der Waals surface area contributed by atoms with E-state index in [9.17, 15) is 9.59 Å². The second-order valence-corrected chi connectivity index (χ2v) is 5.19. The van der Waals surface area contributed by atoms with Crippen LogP contribution in [0.3, 0.4) is 0 Å². The number of hydrogen-bond donors (Lipinski definition) is 3. The summed E-state index contributed by atoms with van der Waals surface area (Å²) in [5.74, 6) is -0.235. The summed E-state index contributed by atoms with van der Waals surface area (Å²) in [6.45, 7) is 1.76. The van der Waals surface area contributed by atoms with Crippen molar-refractivity contribution >= 4 is 40.7 Å². The van der Waals surface area contributed by atoms with Crippen LogP contribution in [0.5, 0.6) is 5.75 Å². The van der Waals surface area contributed by atoms with Gasteiger partial charge in [-0.1, -0.05) is 37.1 Å². The second kappa shape index (κ2) is 9.97. The highest BCUT2D eigenvalue weighted by Crippen LogP contribution is 2.22. The lowest BCUT2D eigenvalue weighted by Gasteiger charge is -2.11. The maximum Gasteiger partial charge on any atom is 0.276 e. The first-order chi connectivity index (χ1) is 10.5. The number of carbonyl (C=O) groups is 2. The SMILES string of the molecule is CCCCC(=O)NC(=S)NNC(=O)COc1ccccc1Cl. The zero-order valence-electron chi connectivity index (χ0n) is 12.1. The predicted molar refractivity (Wildman–Crippen MR) is 88.5 cm³/mol. The molecular formula is C14H18ClN3O3S. The van der Waals surface area contributed by atoms with Crippen molar-refractivity contribution in [1.29, 1.82) is 0 Å². The number of benzene rings is 1. The highest BCUT2D eigenvalue weighted by atomic mass is 35.5. The molecule has 0 bridgehead atoms. The minimum Gasteiger partial charge on any atom is -0.482 e. The average molecular weight is 344 g/mol. The van der Waals surface area contributed by atoms with Crippen molar-refractivity contribution in [3.8, 4) is 5.75 Å². The quantitative estimate of drug-likeness (QED) is 0.543. The topological polar surface area (TPSA) is 79.5 Å². The van der Waals surface area contributed by atoms with Crippen LogP contribution in [0, 0.1) is 0 Å². The second-order valence-electron chi connectivity index (χ2n) is 4.37. The van der Waals surface area contributed by atoms with Gasteiger partial charge in [0.15, 0.2) is 11.7 Å². The van der Waals surface area contributed by atoms with Crippen LogP contribution < -0.4 is 20.9 Å². The Bertz CT molecular complexity index is 540. The van der Waals surface area contributed by atoms with E-state index in [0.29, 0.717) is 17.2 Å². The van der Waals surface area contributed by atoms with E-state index in [-0.39, 0.29) is 17.6 Å². The molecule has 0 fully saturated rings. The van der Waals surface area contributed by atoms with Crippen molar-refractivity contribution in [3.05, 3.63) is 29.3 Å². The Morgan fingerprint density at radius 3 is 2.64 bits per heavy atom. The standard InChI is InChI=1S/C14H18ClN3O3S/c1-2-3-8-12(19)16-14(22)18-17-13(20)9-21-11-7-5-4-6-10(11)15/h4-7H,2-3,8-9H2,1H3,(H,17,20)(H2,16,18,19,22). The number of hydrogen-bond acceptors (Lipinski definition) is 4. The third kappa shape index (κ3) is 7.24. The number of unbranched alkanes of at least 4 members (excludes halogenated alkanes) is 1. The molecule has 0 aliphatic rings. The lowest BCUT2D eigenvalue weighted by molar-refractivity contribution is -0.124. The van der Waals surface area contributed by atoms with Crippen LogP contribution in [0.25, 0.3) is 0 Å². The van der Waals surface area contributed by atoms with E-state index in [2.05, 4.69) is 16.2 Å². The summed E-state index contributed by atoms with van der Waals surface area (Å²) in [6.07, 6.45) is 2.10. The van der Waals surface area contributed by atoms with Gasteiger partial charge in [0, 0.05) is 6.42 Å². The number of thiocarbonyl (C=S) groups is 1. The number of halogens is 1. The Labute approximate surface area is 139 Å². The first kappa shape index (κ1) is 18.2. The van der Waals surface area contributed by atoms with Crippen molar-refractivity contribution in [3.63, 3.8) is 0 Å². The van der Waals surface area contributed by atoms with E-state index in [1.807, 2.05) is 6.92 Å². The van der Waals surface area contributed by atoms with Gasteiger partial charge in [0.05, 0.1) is 5.02 Å². The molecule has 6 nitrogen and oxygen atoms in total. The van der Waals surface area contributed by atoms with Gasteiger partial charge in [-0.2, -0.15) is 0 Å². The van der Waals surface area contributed by atoms with Gasteiger partial charge in [-0.3, -0.25) is 20.4 Å². The molecule has 2 amide bonds. The third-order valence-electron chi connectivity index (χ3n) is 2.52. The van der Waals surface area contributed by atoms with Crippen LogP contribution in [-0.2, 0) is 9.59 Å². The van der Waals surface area contributed by atoms with E-state index >= 15 is 0 Å². The summed E-state index contributed by atoms with van der Waals surface area (Å²) >= 11 is 10.8. The molecule has 0 spiro atoms. The average Bonchev–Trinajstić information content (AvgIpc) is 2.50. The lowest BCUT2D eigenvalue weighted by Crippen LogP contribution is -2.49. The molecular weight excluding hydrogens is 326 g/mol. The maximum absolute atomic E-state index is 11.6. The normalized spacial score (nSPS) is 9.73. The molecule has 0 aliphatic heterocycles. The van der Waals surface area contributed by atoms with E-state index in [1.165, 1.54) is 0 Å². The summed E-state index contributed by atoms with van der Waals surface area (Å²) in [6, 6.07) is 6.82. The Kier molecular flexibility index (Phi) is 8.24. The number of nitrogens with one attached hydrogen (secondary N) is 3. The molecule has 0 unspecified atom stereocenters. The molecule has 0 aliphatic carbocycles. The van der Waals surface area contributed by atoms with Crippen molar-refractivity contribution in [2.45, 2.75) is 26.2 Å². The van der Waals surface area contributed by atoms with Gasteiger partial charge in [0.25, 0.3) is 5.91 Å². The molecule has 3 N–H and O–H groups in total. The number of rotatable bonds is 6. The van der Waals surface area contributed by atoms with Gasteiger partial charge in [-0.25, -0.2) is 0 Å². The number of hydrazine groups is 1. The molecule has 8 heteroatoms. The summed E-state index contributed by atoms with van der Waals surface area (Å²) in [5.41, 5.74) is 4.75. The molecule has 120 valence electrons. The molecule has 0 atom stereocenters. The molecule has 22 heavy (non-hydrogen) atoms. The first-order valence-electron chi connectivity index (χ1n) is 6.79. The fourth-order valence-electron chi connectivity index (χ4n) is 1.43. The molecule has 0 radical (unpaired) electrons. The van der Waals surface area contributed by atoms with E-state index in [1.54, 1.807) is 24.3 Å². The van der Waals surface area contributed by atoms with Crippen molar-refractivity contribution < 1.29 is 14.3 Å². The Morgan fingerprint density at radius 2 is 1.95 bits per heavy atom. The molecule has 0 saturated heterocycles. The van der Waals surface area contributed by atoms with Gasteiger partial charge in [-0.15, -0.1) is 0 Å². The molecule has 1 aromatic rings. The van der Waals surface area contributed by atoms with Crippen LogP contribution >= 0.6 is 23.8 Å². The highest BCUT2D eigenvalue weighted by Gasteiger charge is 2.07. The van der Waals surface area contributed by atoms with Crippen LogP contribution in [0.2, 0.25) is 5.02 Å². The van der Waals surface area contributed by atoms with Crippen LogP contribution in [-0.4, -0.2) is 23.5 Å². The van der Waals surface area contributed by atoms with Crippen molar-refractivity contribution in [2.24, 2.45) is 0 Å². The number of amides is 2. The first-order valence-corrected chi connectivity index (χ1v) is 7.57. The van der Waals surface area contributed by atoms with E-state index < -0.39 is 5.91 Å². The van der Waals surface area contributed by atoms with Crippen LogP contribution in [0.4, 0.5) is 0 Å². The molecule has 0 saturated carbocycles. The fraction of sp³-hybridized carbons (Fsp3) is 0.357. The van der Waals surface area contributed by atoms with E-state index in [4.69, 9.17) is 28.6 Å². The summed E-state index contributed by atoms with van der Waals surface area (Å²) in [7, 11) is 0. The molecule has 1 aromatic carbocycles. The van der Waals surface area contributed by atoms with Crippen LogP contribution in [0.1, 0.15) is 26.2 Å². The number of para-hydroxylation sites is 1. The fourth-order valence-corrected chi connectivity index (χ4v) is 1.78. The minimum absolute atomic E-state index is 0.0344. The van der Waals surface area contributed by atoms with Gasteiger partial charge >= 0.3 is 0 Å². The number of carbonyl (C=O) groups excluding carboxylic acids is 2. The number of ether oxygens (including phenoxy) is 1. The lowest BCUT2D eigenvalue weighted by atomic mass is 10.2. The van der Waals surface area contributed by atoms with Gasteiger partial charge in [-0.05, 0) is 30.8 Å². The zero-order valence-corrected chi connectivity index (χ0v) is 13.7. The third-order valence-corrected chi connectivity index (χ3v) is 3.04. The van der Waals surface area contributed by atoms with E-state index in [0.717, 1.165) is 12.8 Å². The van der Waals surface area contributed by atoms with Gasteiger partial charge < -0.3 is 10.1 Å². The Morgan fingerprint density at radius 1 is 1.23 bits per heavy atom. The monoisotopic (exact) mass is 343 g/mol. The highest BCUT2D eigenvalue weighted by molar-refractivity contribution is 7.80. The van der Waals surface area contributed by atoms with Crippen LogP contribution in [0.15, 0.2) is 24.3 Å². The molecule has 0 aromatic heterocycles. The summed E-state index contributed by atoms with van der Waals surface area (Å²) < 4.78 is 5.25. The maximum atomic E-state index is 11.6. The Hall–Kier alpha value is -1.86. The largest absolute Gasteiger partial charge is 0.482 e. The smallest absolute Gasteiger partial charge is 0.276 e. The molecule has 0 heterocycles. The summed E-state index contributed by atoms with van der Waals surface area (Å²) in [5, 5.41) is 2.91. The summed E-state index contributed by atoms with van der Waals surface area (Å²) in [4.78, 5) is 23.0. The molecule has 1 rings (SSSR count). The van der Waals surface area contributed by atoms with Gasteiger partial charge in [0.2, 0.25) is 5.91 Å². The minimum atomic E-state index is -0.454. The van der Waals surface area contributed by atoms with Crippen molar-refractivity contribution in [1.82, 2.24) is 16.2 Å².